The lowest BCUT2D eigenvalue weighted by Crippen LogP contribution is -2.42. The maximum atomic E-state index is 5.77. The molecule has 0 saturated heterocycles. The highest BCUT2D eigenvalue weighted by Gasteiger charge is 2.36. The summed E-state index contributed by atoms with van der Waals surface area (Å²) in [7, 11) is 0.421. The molecule has 0 bridgehead atoms. The molecule has 0 aliphatic rings. The van der Waals surface area contributed by atoms with Crippen molar-refractivity contribution in [1.82, 2.24) is 5.32 Å². The molecule has 0 saturated carbocycles. The fraction of sp³-hybridized carbons (Fsp3) is 1.00. The third-order valence-electron chi connectivity index (χ3n) is 2.38. The summed E-state index contributed by atoms with van der Waals surface area (Å²) in [6.45, 7) is 11.9. The van der Waals surface area contributed by atoms with Crippen molar-refractivity contribution >= 4 is 8.32 Å². The average Bonchev–Trinajstić information content (AvgIpc) is 1.81. The van der Waals surface area contributed by atoms with Crippen molar-refractivity contribution in [2.75, 3.05) is 13.8 Å². The lowest BCUT2D eigenvalue weighted by atomic mass is 10.2. The van der Waals surface area contributed by atoms with Crippen LogP contribution in [-0.4, -0.2) is 22.1 Å². The molecule has 0 aliphatic carbocycles. The average molecular weight is 175 g/mol. The van der Waals surface area contributed by atoms with Crippen molar-refractivity contribution in [2.45, 2.75) is 38.9 Å². The molecule has 68 valence electrons. The Bertz CT molecular complexity index is 118. The molecular formula is C8H21NOSi. The van der Waals surface area contributed by atoms with E-state index in [9.17, 15) is 0 Å². The molecule has 0 spiro atoms. The number of hydrogen-bond acceptors (Lipinski definition) is 2. The highest BCUT2D eigenvalue weighted by molar-refractivity contribution is 6.74. The van der Waals surface area contributed by atoms with Gasteiger partial charge in [0.15, 0.2) is 8.32 Å². The highest BCUT2D eigenvalue weighted by atomic mass is 28.4. The van der Waals surface area contributed by atoms with Crippen LogP contribution in [0.25, 0.3) is 0 Å². The summed E-state index contributed by atoms with van der Waals surface area (Å²) in [6, 6.07) is 0. The maximum absolute atomic E-state index is 5.77. The molecule has 0 radical (unpaired) electrons. The zero-order chi connectivity index (χ0) is 9.12. The van der Waals surface area contributed by atoms with Gasteiger partial charge in [-0.25, -0.2) is 0 Å². The van der Waals surface area contributed by atoms with E-state index < -0.39 is 8.32 Å². The first kappa shape index (κ1) is 11.1. The van der Waals surface area contributed by atoms with E-state index in [0.717, 1.165) is 0 Å². The fourth-order valence-electron chi connectivity index (χ4n) is 0.469. The van der Waals surface area contributed by atoms with Crippen LogP contribution >= 0.6 is 0 Å². The van der Waals surface area contributed by atoms with Crippen LogP contribution in [0, 0.1) is 0 Å². The summed E-state index contributed by atoms with van der Waals surface area (Å²) in [4.78, 5) is 0. The molecule has 0 aromatic carbocycles. The zero-order valence-electron chi connectivity index (χ0n) is 8.62. The molecule has 0 atom stereocenters. The number of hydrogen-bond donors (Lipinski definition) is 1. The highest BCUT2D eigenvalue weighted by Crippen LogP contribution is 2.36. The van der Waals surface area contributed by atoms with E-state index in [4.69, 9.17) is 4.43 Å². The van der Waals surface area contributed by atoms with Crippen molar-refractivity contribution in [3.63, 3.8) is 0 Å². The summed E-state index contributed by atoms with van der Waals surface area (Å²) in [5.74, 6) is 0. The number of nitrogens with one attached hydrogen (secondary N) is 1. The van der Waals surface area contributed by atoms with E-state index in [2.05, 4.69) is 39.2 Å². The minimum Gasteiger partial charge on any atom is -0.404 e. The molecule has 3 heteroatoms. The van der Waals surface area contributed by atoms with Gasteiger partial charge in [0.25, 0.3) is 0 Å². The SMILES string of the molecule is CNCO[Si](C)(C)C(C)(C)C. The Labute approximate surface area is 71.5 Å². The Balaban J connectivity index is 4.00. The Kier molecular flexibility index (Phi) is 3.74. The van der Waals surface area contributed by atoms with E-state index in [0.29, 0.717) is 11.8 Å². The van der Waals surface area contributed by atoms with Gasteiger partial charge in [0.05, 0.1) is 6.73 Å². The zero-order valence-corrected chi connectivity index (χ0v) is 9.62. The molecule has 0 aromatic heterocycles. The normalized spacial score (nSPS) is 13.6. The van der Waals surface area contributed by atoms with Crippen molar-refractivity contribution in [3.05, 3.63) is 0 Å². The molecular weight excluding hydrogens is 154 g/mol. The largest absolute Gasteiger partial charge is 0.404 e. The van der Waals surface area contributed by atoms with Crippen molar-refractivity contribution < 1.29 is 4.43 Å². The van der Waals surface area contributed by atoms with Gasteiger partial charge in [0, 0.05) is 0 Å². The summed E-state index contributed by atoms with van der Waals surface area (Å²) in [5, 5.41) is 3.33. The molecule has 0 aromatic rings. The van der Waals surface area contributed by atoms with Crippen LogP contribution < -0.4 is 5.32 Å². The van der Waals surface area contributed by atoms with E-state index in [1.807, 2.05) is 7.05 Å². The maximum Gasteiger partial charge on any atom is 0.193 e. The molecule has 0 fully saturated rings. The van der Waals surface area contributed by atoms with Crippen LogP contribution in [0.5, 0.6) is 0 Å². The van der Waals surface area contributed by atoms with Gasteiger partial charge in [-0.05, 0) is 25.2 Å². The summed E-state index contributed by atoms with van der Waals surface area (Å²) < 4.78 is 5.77. The first-order valence-corrected chi connectivity index (χ1v) is 7.00. The van der Waals surface area contributed by atoms with Gasteiger partial charge in [-0.15, -0.1) is 0 Å². The van der Waals surface area contributed by atoms with Crippen LogP contribution in [-0.2, 0) is 4.43 Å². The summed E-state index contributed by atoms with van der Waals surface area (Å²) >= 11 is 0. The first-order valence-electron chi connectivity index (χ1n) is 4.10. The third-order valence-corrected chi connectivity index (χ3v) is 6.86. The molecule has 1 N–H and O–H groups in total. The fourth-order valence-corrected chi connectivity index (χ4v) is 1.41. The van der Waals surface area contributed by atoms with Gasteiger partial charge >= 0.3 is 0 Å². The van der Waals surface area contributed by atoms with Gasteiger partial charge in [-0.2, -0.15) is 0 Å². The van der Waals surface area contributed by atoms with E-state index >= 15 is 0 Å². The Morgan fingerprint density at radius 2 is 1.73 bits per heavy atom. The predicted molar refractivity (Wildman–Crippen MR) is 52.2 cm³/mol. The molecule has 2 nitrogen and oxygen atoms in total. The Morgan fingerprint density at radius 3 is 2.00 bits per heavy atom. The van der Waals surface area contributed by atoms with Crippen molar-refractivity contribution in [3.8, 4) is 0 Å². The molecule has 11 heavy (non-hydrogen) atoms. The van der Waals surface area contributed by atoms with Crippen LogP contribution in [0.3, 0.4) is 0 Å². The van der Waals surface area contributed by atoms with Gasteiger partial charge in [-0.1, -0.05) is 20.8 Å². The minimum absolute atomic E-state index is 0.323. The second kappa shape index (κ2) is 3.69. The van der Waals surface area contributed by atoms with Crippen molar-refractivity contribution in [2.24, 2.45) is 0 Å². The Hall–Kier alpha value is 0.137. The molecule has 0 aliphatic heterocycles. The predicted octanol–water partition coefficient (Wildman–Crippen LogP) is 2.19. The third kappa shape index (κ3) is 3.36. The van der Waals surface area contributed by atoms with Crippen LogP contribution in [0.15, 0.2) is 0 Å². The Morgan fingerprint density at radius 1 is 1.27 bits per heavy atom. The quantitative estimate of drug-likeness (QED) is 0.524. The summed E-state index contributed by atoms with van der Waals surface area (Å²) in [6.07, 6.45) is 0. The molecule has 0 rings (SSSR count). The van der Waals surface area contributed by atoms with E-state index in [1.54, 1.807) is 0 Å². The van der Waals surface area contributed by atoms with Crippen molar-refractivity contribution in [1.29, 1.82) is 0 Å². The van der Waals surface area contributed by atoms with E-state index in [1.165, 1.54) is 0 Å². The second-order valence-corrected chi connectivity index (χ2v) is 9.21. The lowest BCUT2D eigenvalue weighted by Gasteiger charge is -2.35. The van der Waals surface area contributed by atoms with E-state index in [-0.39, 0.29) is 0 Å². The van der Waals surface area contributed by atoms with Gasteiger partial charge in [-0.3, -0.25) is 5.32 Å². The smallest absolute Gasteiger partial charge is 0.193 e. The monoisotopic (exact) mass is 175 g/mol. The first-order chi connectivity index (χ1) is 4.81. The molecule has 0 heterocycles. The van der Waals surface area contributed by atoms with Gasteiger partial charge in [0.1, 0.15) is 0 Å². The minimum atomic E-state index is -1.49. The number of rotatable bonds is 3. The van der Waals surface area contributed by atoms with Crippen LogP contribution in [0.1, 0.15) is 20.8 Å². The van der Waals surface area contributed by atoms with Gasteiger partial charge in [0.2, 0.25) is 0 Å². The molecule has 0 amide bonds. The topological polar surface area (TPSA) is 21.3 Å². The standard InChI is InChI=1S/C8H21NOSi/c1-8(2,3)11(5,6)10-7-9-4/h9H,7H2,1-6H3. The lowest BCUT2D eigenvalue weighted by molar-refractivity contribution is 0.269. The van der Waals surface area contributed by atoms with Crippen LogP contribution in [0.4, 0.5) is 0 Å². The second-order valence-electron chi connectivity index (χ2n) is 4.40. The van der Waals surface area contributed by atoms with Gasteiger partial charge < -0.3 is 4.43 Å². The van der Waals surface area contributed by atoms with Crippen LogP contribution in [0.2, 0.25) is 18.1 Å². The summed E-state index contributed by atoms with van der Waals surface area (Å²) in [5.41, 5.74) is 0. The molecule has 0 unspecified atom stereocenters.